The molecular weight excluding hydrogens is 334 g/mol. The molecule has 1 N–H and O–H groups in total. The molecule has 1 aromatic heterocycles. The Labute approximate surface area is 133 Å². The lowest BCUT2D eigenvalue weighted by molar-refractivity contribution is 0.354. The molecule has 0 bridgehead atoms. The van der Waals surface area contributed by atoms with Gasteiger partial charge in [0.15, 0.2) is 11.5 Å². The molecule has 2 rings (SSSR count). The fourth-order valence-corrected chi connectivity index (χ4v) is 2.53. The van der Waals surface area contributed by atoms with Crippen LogP contribution in [0.1, 0.15) is 12.5 Å². The summed E-state index contributed by atoms with van der Waals surface area (Å²) in [5.41, 5.74) is 1.12. The van der Waals surface area contributed by atoms with E-state index < -0.39 is 0 Å². The smallest absolute Gasteiger partial charge is 0.161 e. The van der Waals surface area contributed by atoms with Crippen LogP contribution in [0.5, 0.6) is 11.5 Å². The standard InChI is InChI=1S/C15H20BrN3O2/c1-11(10-19-6-4-5-18-19)17-9-12-7-14(20-2)15(21-3)8-13(12)16/h4-8,11,17H,9-10H2,1-3H3. The van der Waals surface area contributed by atoms with Crippen molar-refractivity contribution in [3.8, 4) is 11.5 Å². The zero-order valence-corrected chi connectivity index (χ0v) is 14.1. The van der Waals surface area contributed by atoms with Crippen LogP contribution in [0.4, 0.5) is 0 Å². The van der Waals surface area contributed by atoms with E-state index in [1.807, 2.05) is 29.1 Å². The van der Waals surface area contributed by atoms with Gasteiger partial charge in [0.25, 0.3) is 0 Å². The van der Waals surface area contributed by atoms with Gasteiger partial charge in [0.2, 0.25) is 0 Å². The number of halogens is 1. The van der Waals surface area contributed by atoms with Gasteiger partial charge >= 0.3 is 0 Å². The van der Waals surface area contributed by atoms with Crippen molar-refractivity contribution in [2.24, 2.45) is 0 Å². The normalized spacial score (nSPS) is 12.2. The van der Waals surface area contributed by atoms with Crippen LogP contribution < -0.4 is 14.8 Å². The van der Waals surface area contributed by atoms with Crippen LogP contribution in [0.15, 0.2) is 35.1 Å². The second-order valence-electron chi connectivity index (χ2n) is 4.81. The zero-order valence-electron chi connectivity index (χ0n) is 12.5. The highest BCUT2D eigenvalue weighted by Gasteiger charge is 2.10. The summed E-state index contributed by atoms with van der Waals surface area (Å²) in [5.74, 6) is 1.45. The Morgan fingerprint density at radius 1 is 1.29 bits per heavy atom. The molecular formula is C15H20BrN3O2. The van der Waals surface area contributed by atoms with Gasteiger partial charge in [0.05, 0.1) is 20.8 Å². The maximum absolute atomic E-state index is 5.34. The van der Waals surface area contributed by atoms with Crippen molar-refractivity contribution in [1.29, 1.82) is 0 Å². The minimum atomic E-state index is 0.310. The predicted molar refractivity (Wildman–Crippen MR) is 85.8 cm³/mol. The van der Waals surface area contributed by atoms with Crippen molar-refractivity contribution in [1.82, 2.24) is 15.1 Å². The number of rotatable bonds is 7. The molecule has 0 amide bonds. The molecule has 0 saturated carbocycles. The summed E-state index contributed by atoms with van der Waals surface area (Å²) in [6.07, 6.45) is 3.75. The van der Waals surface area contributed by atoms with E-state index in [1.54, 1.807) is 20.4 Å². The van der Waals surface area contributed by atoms with Crippen LogP contribution in [0, 0.1) is 0 Å². The summed E-state index contributed by atoms with van der Waals surface area (Å²) < 4.78 is 13.5. The number of methoxy groups -OCH3 is 2. The van der Waals surface area contributed by atoms with E-state index in [0.29, 0.717) is 6.04 Å². The van der Waals surface area contributed by atoms with Crippen molar-refractivity contribution in [3.05, 3.63) is 40.6 Å². The van der Waals surface area contributed by atoms with Gasteiger partial charge < -0.3 is 14.8 Å². The number of nitrogens with one attached hydrogen (secondary N) is 1. The van der Waals surface area contributed by atoms with Gasteiger partial charge in [-0.05, 0) is 30.7 Å². The van der Waals surface area contributed by atoms with Gasteiger partial charge in [0, 0.05) is 29.5 Å². The van der Waals surface area contributed by atoms with Crippen LogP contribution in [0.25, 0.3) is 0 Å². The Bertz CT molecular complexity index is 573. The average molecular weight is 354 g/mol. The fourth-order valence-electron chi connectivity index (χ4n) is 2.07. The number of aromatic nitrogens is 2. The van der Waals surface area contributed by atoms with Crippen molar-refractivity contribution in [3.63, 3.8) is 0 Å². The lowest BCUT2D eigenvalue weighted by atomic mass is 10.2. The summed E-state index contributed by atoms with van der Waals surface area (Å²) in [6, 6.07) is 6.15. The second kappa shape index (κ2) is 7.47. The van der Waals surface area contributed by atoms with Crippen LogP contribution in [0.3, 0.4) is 0 Å². The molecule has 0 aliphatic rings. The quantitative estimate of drug-likeness (QED) is 0.831. The summed E-state index contributed by atoms with van der Waals surface area (Å²) in [7, 11) is 3.28. The Balaban J connectivity index is 1.99. The fraction of sp³-hybridized carbons (Fsp3) is 0.400. The molecule has 0 fully saturated rings. The minimum absolute atomic E-state index is 0.310. The highest BCUT2D eigenvalue weighted by atomic mass is 79.9. The lowest BCUT2D eigenvalue weighted by Gasteiger charge is -2.16. The molecule has 2 aromatic rings. The summed E-state index contributed by atoms with van der Waals surface area (Å²) in [4.78, 5) is 0. The number of ether oxygens (including phenoxy) is 2. The highest BCUT2D eigenvalue weighted by molar-refractivity contribution is 9.10. The lowest BCUT2D eigenvalue weighted by Crippen LogP contribution is -2.30. The molecule has 5 nitrogen and oxygen atoms in total. The Hall–Kier alpha value is -1.53. The van der Waals surface area contributed by atoms with Crippen molar-refractivity contribution in [2.45, 2.75) is 26.1 Å². The van der Waals surface area contributed by atoms with Gasteiger partial charge in [0.1, 0.15) is 0 Å². The van der Waals surface area contributed by atoms with Crippen LogP contribution in [-0.4, -0.2) is 30.0 Å². The second-order valence-corrected chi connectivity index (χ2v) is 5.66. The van der Waals surface area contributed by atoms with Crippen molar-refractivity contribution >= 4 is 15.9 Å². The van der Waals surface area contributed by atoms with Gasteiger partial charge in [-0.25, -0.2) is 0 Å². The molecule has 0 saturated heterocycles. The van der Waals surface area contributed by atoms with Gasteiger partial charge in [-0.3, -0.25) is 4.68 Å². The third-order valence-corrected chi connectivity index (χ3v) is 3.95. The molecule has 21 heavy (non-hydrogen) atoms. The first-order chi connectivity index (χ1) is 10.1. The molecule has 1 heterocycles. The maximum Gasteiger partial charge on any atom is 0.161 e. The highest BCUT2D eigenvalue weighted by Crippen LogP contribution is 2.33. The van der Waals surface area contributed by atoms with E-state index in [9.17, 15) is 0 Å². The molecule has 6 heteroatoms. The van der Waals surface area contributed by atoms with Gasteiger partial charge in [-0.15, -0.1) is 0 Å². The minimum Gasteiger partial charge on any atom is -0.493 e. The third-order valence-electron chi connectivity index (χ3n) is 3.21. The molecule has 0 spiro atoms. The van der Waals surface area contributed by atoms with E-state index in [0.717, 1.165) is 34.6 Å². The van der Waals surface area contributed by atoms with Gasteiger partial charge in [-0.1, -0.05) is 15.9 Å². The van der Waals surface area contributed by atoms with E-state index in [1.165, 1.54) is 0 Å². The number of hydrogen-bond acceptors (Lipinski definition) is 4. The summed E-state index contributed by atoms with van der Waals surface area (Å²) in [5, 5.41) is 7.69. The third kappa shape index (κ3) is 4.22. The van der Waals surface area contributed by atoms with Crippen LogP contribution in [0.2, 0.25) is 0 Å². The number of nitrogens with zero attached hydrogens (tertiary/aromatic N) is 2. The van der Waals surface area contributed by atoms with E-state index in [-0.39, 0.29) is 0 Å². The molecule has 1 aromatic carbocycles. The SMILES string of the molecule is COc1cc(Br)c(CNC(C)Cn2cccn2)cc1OC. The molecule has 0 aliphatic carbocycles. The summed E-state index contributed by atoms with van der Waals surface area (Å²) in [6.45, 7) is 3.71. The van der Waals surface area contributed by atoms with Crippen LogP contribution in [-0.2, 0) is 13.1 Å². The monoisotopic (exact) mass is 353 g/mol. The first-order valence-corrected chi connectivity index (χ1v) is 7.54. The molecule has 0 radical (unpaired) electrons. The Morgan fingerprint density at radius 3 is 2.62 bits per heavy atom. The van der Waals surface area contributed by atoms with Crippen molar-refractivity contribution in [2.75, 3.05) is 14.2 Å². The predicted octanol–water partition coefficient (Wildman–Crippen LogP) is 2.84. The first-order valence-electron chi connectivity index (χ1n) is 6.75. The van der Waals surface area contributed by atoms with E-state index >= 15 is 0 Å². The number of hydrogen-bond donors (Lipinski definition) is 1. The molecule has 114 valence electrons. The van der Waals surface area contributed by atoms with Gasteiger partial charge in [-0.2, -0.15) is 5.10 Å². The maximum atomic E-state index is 5.34. The molecule has 1 unspecified atom stereocenters. The van der Waals surface area contributed by atoms with E-state index in [2.05, 4.69) is 33.3 Å². The van der Waals surface area contributed by atoms with E-state index in [4.69, 9.17) is 9.47 Å². The Morgan fingerprint density at radius 2 is 2.00 bits per heavy atom. The van der Waals surface area contributed by atoms with Crippen molar-refractivity contribution < 1.29 is 9.47 Å². The molecule has 0 aliphatic heterocycles. The first kappa shape index (κ1) is 15.9. The largest absolute Gasteiger partial charge is 0.493 e. The van der Waals surface area contributed by atoms with Crippen LogP contribution >= 0.6 is 15.9 Å². The Kier molecular flexibility index (Phi) is 5.64. The number of benzene rings is 1. The average Bonchev–Trinajstić information content (AvgIpc) is 2.98. The molecule has 1 atom stereocenters. The summed E-state index contributed by atoms with van der Waals surface area (Å²) >= 11 is 3.57. The zero-order chi connectivity index (χ0) is 15.2. The topological polar surface area (TPSA) is 48.3 Å².